The molecule has 0 bridgehead atoms. The fourth-order valence-electron chi connectivity index (χ4n) is 2.94. The second kappa shape index (κ2) is 8.17. The molecule has 0 spiro atoms. The van der Waals surface area contributed by atoms with Gasteiger partial charge in [0.05, 0.1) is 16.9 Å². The van der Waals surface area contributed by atoms with Crippen LogP contribution in [0.1, 0.15) is 11.7 Å². The van der Waals surface area contributed by atoms with Crippen LogP contribution >= 0.6 is 0 Å². The zero-order valence-electron chi connectivity index (χ0n) is 15.8. The number of halogens is 1. The molecule has 3 aromatic rings. The molecule has 0 saturated heterocycles. The molecule has 0 aromatic heterocycles. The smallest absolute Gasteiger partial charge is 0.346 e. The van der Waals surface area contributed by atoms with Gasteiger partial charge in [0.2, 0.25) is 19.7 Å². The van der Waals surface area contributed by atoms with E-state index >= 15 is 4.39 Å². The average Bonchev–Trinajstić information content (AvgIpc) is 2.79. The fourth-order valence-corrected chi connectivity index (χ4v) is 7.21. The molecule has 0 aliphatic heterocycles. The summed E-state index contributed by atoms with van der Waals surface area (Å²) in [6.07, 6.45) is -2.53. The van der Waals surface area contributed by atoms with Crippen LogP contribution in [0.2, 0.25) is 0 Å². The van der Waals surface area contributed by atoms with Gasteiger partial charge in [-0.1, -0.05) is 48.5 Å². The molecule has 6 nitrogen and oxygen atoms in total. The molecule has 0 aliphatic carbocycles. The van der Waals surface area contributed by atoms with Gasteiger partial charge in [0.15, 0.2) is 0 Å². The highest BCUT2D eigenvalue weighted by Gasteiger charge is 2.63. The van der Waals surface area contributed by atoms with E-state index < -0.39 is 39.9 Å². The number of hydrogen-bond acceptors (Lipinski definition) is 6. The summed E-state index contributed by atoms with van der Waals surface area (Å²) in [5.41, 5.74) is -0.239. The van der Waals surface area contributed by atoms with Gasteiger partial charge >= 0.3 is 4.33 Å². The average molecular weight is 451 g/mol. The Balaban J connectivity index is 2.28. The van der Waals surface area contributed by atoms with Crippen molar-refractivity contribution in [3.05, 3.63) is 90.5 Å². The molecule has 3 rings (SSSR count). The van der Waals surface area contributed by atoms with Crippen LogP contribution in [0.15, 0.2) is 94.7 Å². The summed E-state index contributed by atoms with van der Waals surface area (Å²) in [5.74, 6) is 0.368. The molecule has 158 valence electrons. The summed E-state index contributed by atoms with van der Waals surface area (Å²) >= 11 is 0. The minimum Gasteiger partial charge on any atom is -0.497 e. The van der Waals surface area contributed by atoms with Gasteiger partial charge in [0.25, 0.3) is 0 Å². The third-order valence-electron chi connectivity index (χ3n) is 4.60. The topological polar surface area (TPSA) is 97.7 Å². The number of aliphatic hydroxyl groups is 1. The predicted octanol–water partition coefficient (Wildman–Crippen LogP) is 3.30. The molecule has 3 aromatic carbocycles. The Labute approximate surface area is 174 Å². The minimum atomic E-state index is -5.21. The Hall–Kier alpha value is -2.75. The van der Waals surface area contributed by atoms with Crippen LogP contribution < -0.4 is 4.74 Å². The lowest BCUT2D eigenvalue weighted by Gasteiger charge is -2.30. The predicted molar refractivity (Wildman–Crippen MR) is 109 cm³/mol. The van der Waals surface area contributed by atoms with Gasteiger partial charge < -0.3 is 9.84 Å². The van der Waals surface area contributed by atoms with Crippen molar-refractivity contribution in [1.29, 1.82) is 0 Å². The van der Waals surface area contributed by atoms with Crippen molar-refractivity contribution in [2.45, 2.75) is 20.2 Å². The third-order valence-corrected chi connectivity index (χ3v) is 9.61. The second-order valence-corrected chi connectivity index (χ2v) is 10.8. The highest BCUT2D eigenvalue weighted by atomic mass is 32.3. The summed E-state index contributed by atoms with van der Waals surface area (Å²) in [5, 5.41) is 10.8. The van der Waals surface area contributed by atoms with E-state index in [0.29, 0.717) is 5.75 Å². The molecule has 0 radical (unpaired) electrons. The molecule has 0 aliphatic rings. The van der Waals surface area contributed by atoms with Crippen molar-refractivity contribution >= 4 is 19.7 Å². The van der Waals surface area contributed by atoms with Gasteiger partial charge in [-0.3, -0.25) is 0 Å². The number of benzene rings is 3. The van der Waals surface area contributed by atoms with Crippen LogP contribution in [0.4, 0.5) is 4.39 Å². The van der Waals surface area contributed by atoms with Gasteiger partial charge in [-0.05, 0) is 42.0 Å². The number of sulfone groups is 2. The van der Waals surface area contributed by atoms with Crippen LogP contribution in [0, 0.1) is 0 Å². The number of alkyl halides is 1. The first kappa shape index (κ1) is 21.9. The maximum atomic E-state index is 16.5. The van der Waals surface area contributed by atoms with Crippen LogP contribution in [0.25, 0.3) is 0 Å². The van der Waals surface area contributed by atoms with E-state index in [1.54, 1.807) is 0 Å². The molecule has 0 amide bonds. The Morgan fingerprint density at radius 2 is 1.17 bits per heavy atom. The maximum absolute atomic E-state index is 16.5. The van der Waals surface area contributed by atoms with E-state index in [9.17, 15) is 21.9 Å². The number of aliphatic hydroxyl groups excluding tert-OH is 1. The van der Waals surface area contributed by atoms with E-state index in [-0.39, 0.29) is 5.56 Å². The normalized spacial score (nSPS) is 13.6. The fraction of sp³-hybridized carbons (Fsp3) is 0.143. The summed E-state index contributed by atoms with van der Waals surface area (Å²) in [6.45, 7) is 0. The molecule has 1 N–H and O–H groups in total. The minimum absolute atomic E-state index is 0.239. The lowest BCUT2D eigenvalue weighted by Crippen LogP contribution is -2.47. The summed E-state index contributed by atoms with van der Waals surface area (Å²) in [7, 11) is -9.02. The Morgan fingerprint density at radius 1 is 0.767 bits per heavy atom. The van der Waals surface area contributed by atoms with E-state index in [1.807, 2.05) is 0 Å². The summed E-state index contributed by atoms with van der Waals surface area (Å²) in [6, 6.07) is 17.8. The van der Waals surface area contributed by atoms with Crippen molar-refractivity contribution in [3.63, 3.8) is 0 Å². The molecular formula is C21H19FO6S2. The monoisotopic (exact) mass is 450 g/mol. The second-order valence-electron chi connectivity index (χ2n) is 6.39. The standard InChI is InChI=1S/C21H19FO6S2/c1-28-17-14-12-16(13-15-17)20(23)21(22,29(24,25)18-8-4-2-5-9-18)30(26,27)19-10-6-3-7-11-19/h2-15,20,23H,1H3. The first-order valence-electron chi connectivity index (χ1n) is 8.76. The first-order valence-corrected chi connectivity index (χ1v) is 11.7. The quantitative estimate of drug-likeness (QED) is 0.593. The largest absolute Gasteiger partial charge is 0.497 e. The molecule has 30 heavy (non-hydrogen) atoms. The lowest BCUT2D eigenvalue weighted by atomic mass is 10.1. The number of methoxy groups -OCH3 is 1. The van der Waals surface area contributed by atoms with Crippen LogP contribution in [-0.2, 0) is 19.7 Å². The van der Waals surface area contributed by atoms with E-state index in [1.165, 1.54) is 67.8 Å². The molecular weight excluding hydrogens is 431 g/mol. The summed E-state index contributed by atoms with van der Waals surface area (Å²) in [4.78, 5) is -1.14. The van der Waals surface area contributed by atoms with Crippen molar-refractivity contribution in [2.75, 3.05) is 7.11 Å². The third kappa shape index (κ3) is 3.49. The van der Waals surface area contributed by atoms with Gasteiger partial charge in [-0.25, -0.2) is 21.2 Å². The maximum Gasteiger partial charge on any atom is 0.346 e. The Morgan fingerprint density at radius 3 is 1.53 bits per heavy atom. The lowest BCUT2D eigenvalue weighted by molar-refractivity contribution is 0.0943. The molecule has 1 atom stereocenters. The van der Waals surface area contributed by atoms with Gasteiger partial charge in [-0.2, -0.15) is 0 Å². The van der Waals surface area contributed by atoms with Crippen molar-refractivity contribution in [3.8, 4) is 5.75 Å². The summed E-state index contributed by atoms with van der Waals surface area (Å²) < 4.78 is 70.5. The van der Waals surface area contributed by atoms with Crippen LogP contribution in [0.3, 0.4) is 0 Å². The van der Waals surface area contributed by atoms with Crippen molar-refractivity contribution < 1.29 is 31.1 Å². The highest BCUT2D eigenvalue weighted by molar-refractivity contribution is 8.10. The highest BCUT2D eigenvalue weighted by Crippen LogP contribution is 2.45. The van der Waals surface area contributed by atoms with E-state index in [0.717, 1.165) is 24.3 Å². The van der Waals surface area contributed by atoms with E-state index in [4.69, 9.17) is 4.74 Å². The van der Waals surface area contributed by atoms with Gasteiger partial charge in [0.1, 0.15) is 11.9 Å². The molecule has 1 unspecified atom stereocenters. The number of ether oxygens (including phenoxy) is 1. The van der Waals surface area contributed by atoms with Gasteiger partial charge in [-0.15, -0.1) is 0 Å². The number of rotatable bonds is 7. The molecule has 9 heteroatoms. The Bertz CT molecular complexity index is 1140. The van der Waals surface area contributed by atoms with Crippen LogP contribution in [0.5, 0.6) is 5.75 Å². The van der Waals surface area contributed by atoms with E-state index in [2.05, 4.69) is 0 Å². The number of hydrogen-bond donors (Lipinski definition) is 1. The van der Waals surface area contributed by atoms with Crippen molar-refractivity contribution in [1.82, 2.24) is 0 Å². The molecule has 0 saturated carbocycles. The SMILES string of the molecule is COc1ccc(C(O)C(F)(S(=O)(=O)c2ccccc2)S(=O)(=O)c2ccccc2)cc1. The van der Waals surface area contributed by atoms with Crippen LogP contribution in [-0.4, -0.2) is 33.4 Å². The Kier molecular flexibility index (Phi) is 5.98. The van der Waals surface area contributed by atoms with Gasteiger partial charge in [0, 0.05) is 0 Å². The zero-order valence-corrected chi connectivity index (χ0v) is 17.5. The molecule has 0 fully saturated rings. The molecule has 0 heterocycles. The van der Waals surface area contributed by atoms with Crippen molar-refractivity contribution in [2.24, 2.45) is 0 Å². The zero-order chi connectivity index (χ0) is 22.0. The first-order chi connectivity index (χ1) is 14.2.